The van der Waals surface area contributed by atoms with E-state index in [0.717, 1.165) is 18.5 Å². The van der Waals surface area contributed by atoms with Crippen molar-refractivity contribution in [2.24, 2.45) is 0 Å². The molecule has 1 fully saturated rings. The van der Waals surface area contributed by atoms with Crippen LogP contribution in [0.3, 0.4) is 0 Å². The van der Waals surface area contributed by atoms with Crippen molar-refractivity contribution in [3.63, 3.8) is 0 Å². The van der Waals surface area contributed by atoms with Crippen LogP contribution >= 0.6 is 0 Å². The number of amides is 2. The van der Waals surface area contributed by atoms with Crippen molar-refractivity contribution in [3.8, 4) is 6.07 Å². The van der Waals surface area contributed by atoms with Crippen LogP contribution in [0.5, 0.6) is 0 Å². The first kappa shape index (κ1) is 18.7. The number of carbonyl (C=O) groups excluding carboxylic acids is 1. The molecule has 3 rings (SSSR count). The smallest absolute Gasteiger partial charge is 0.317 e. The predicted molar refractivity (Wildman–Crippen MR) is 99.9 cm³/mol. The summed E-state index contributed by atoms with van der Waals surface area (Å²) in [7, 11) is 0. The number of anilines is 1. The average molecular weight is 370 g/mol. The van der Waals surface area contributed by atoms with Crippen LogP contribution in [0.4, 0.5) is 14.9 Å². The molecule has 2 aromatic rings. The van der Waals surface area contributed by atoms with Gasteiger partial charge in [0.05, 0.1) is 23.5 Å². The third kappa shape index (κ3) is 4.56. The van der Waals surface area contributed by atoms with E-state index >= 15 is 0 Å². The minimum atomic E-state index is -0.401. The molecule has 2 N–H and O–H groups in total. The molecule has 8 heteroatoms. The second-order valence-corrected chi connectivity index (χ2v) is 6.61. The summed E-state index contributed by atoms with van der Waals surface area (Å²) in [6, 6.07) is 6.33. The Kier molecular flexibility index (Phi) is 5.91. The van der Waals surface area contributed by atoms with E-state index in [1.165, 1.54) is 11.6 Å². The number of urea groups is 1. The van der Waals surface area contributed by atoms with E-state index in [1.54, 1.807) is 17.0 Å². The third-order valence-corrected chi connectivity index (χ3v) is 4.82. The molecule has 1 aliphatic rings. The Bertz CT molecular complexity index is 835. The Balaban J connectivity index is 1.42. The van der Waals surface area contributed by atoms with E-state index in [2.05, 4.69) is 15.5 Å². The van der Waals surface area contributed by atoms with Crippen LogP contribution in [0.2, 0.25) is 0 Å². The van der Waals surface area contributed by atoms with Crippen LogP contribution in [0.25, 0.3) is 0 Å². The molecule has 27 heavy (non-hydrogen) atoms. The molecule has 7 nitrogen and oxygen atoms in total. The second-order valence-electron chi connectivity index (χ2n) is 6.61. The van der Waals surface area contributed by atoms with Crippen molar-refractivity contribution in [3.05, 3.63) is 47.0 Å². The number of rotatable bonds is 5. The summed E-state index contributed by atoms with van der Waals surface area (Å²) < 4.78 is 14.1. The first-order chi connectivity index (χ1) is 13.1. The number of nitrogens with one attached hydrogen (secondary N) is 2. The monoisotopic (exact) mass is 370 g/mol. The average Bonchev–Trinajstić information content (AvgIpc) is 3.10. The molecule has 2 heterocycles. The first-order valence-corrected chi connectivity index (χ1v) is 9.04. The van der Waals surface area contributed by atoms with Crippen molar-refractivity contribution in [2.45, 2.75) is 19.8 Å². The second kappa shape index (κ2) is 8.54. The number of nitriles is 1. The lowest BCUT2D eigenvalue weighted by Crippen LogP contribution is -2.52. The molecule has 2 amide bonds. The minimum Gasteiger partial charge on any atom is -0.366 e. The van der Waals surface area contributed by atoms with Gasteiger partial charge in [-0.3, -0.25) is 5.10 Å². The van der Waals surface area contributed by atoms with E-state index in [0.29, 0.717) is 44.0 Å². The van der Waals surface area contributed by atoms with Gasteiger partial charge < -0.3 is 15.1 Å². The van der Waals surface area contributed by atoms with Crippen LogP contribution in [-0.4, -0.2) is 53.9 Å². The molecule has 0 radical (unpaired) electrons. The molecule has 1 aliphatic heterocycles. The van der Waals surface area contributed by atoms with Crippen LogP contribution in [-0.2, 0) is 6.42 Å². The van der Waals surface area contributed by atoms with Gasteiger partial charge in [0, 0.05) is 38.4 Å². The number of benzene rings is 1. The van der Waals surface area contributed by atoms with Gasteiger partial charge in [-0.05, 0) is 43.5 Å². The number of hydrogen-bond donors (Lipinski definition) is 2. The molecule has 0 spiro atoms. The van der Waals surface area contributed by atoms with Crippen LogP contribution < -0.4 is 10.2 Å². The fourth-order valence-electron chi connectivity index (χ4n) is 3.20. The molecule has 0 bridgehead atoms. The highest BCUT2D eigenvalue weighted by atomic mass is 19.1. The number of hydrogen-bond acceptors (Lipinski definition) is 4. The largest absolute Gasteiger partial charge is 0.366 e. The lowest BCUT2D eigenvalue weighted by atomic mass is 10.1. The first-order valence-electron chi connectivity index (χ1n) is 9.04. The molecule has 1 aromatic heterocycles. The molecule has 1 aromatic carbocycles. The van der Waals surface area contributed by atoms with Gasteiger partial charge >= 0.3 is 6.03 Å². The highest BCUT2D eigenvalue weighted by Gasteiger charge is 2.22. The summed E-state index contributed by atoms with van der Waals surface area (Å²) in [6.07, 6.45) is 3.54. The van der Waals surface area contributed by atoms with Crippen molar-refractivity contribution in [1.29, 1.82) is 5.26 Å². The Morgan fingerprint density at radius 3 is 2.78 bits per heavy atom. The number of nitrogens with zero attached hydrogens (tertiary/aromatic N) is 4. The number of aromatic amines is 1. The van der Waals surface area contributed by atoms with Crippen LogP contribution in [0.15, 0.2) is 24.4 Å². The maximum atomic E-state index is 14.1. The van der Waals surface area contributed by atoms with Crippen LogP contribution in [0, 0.1) is 24.1 Å². The number of halogens is 1. The van der Waals surface area contributed by atoms with E-state index in [-0.39, 0.29) is 6.03 Å². The minimum absolute atomic E-state index is 0.0844. The predicted octanol–water partition coefficient (Wildman–Crippen LogP) is 2.19. The Hall–Kier alpha value is -3.08. The van der Waals surface area contributed by atoms with Gasteiger partial charge in [-0.2, -0.15) is 10.4 Å². The van der Waals surface area contributed by atoms with E-state index in [1.807, 2.05) is 24.1 Å². The number of aromatic nitrogens is 2. The SMILES string of the molecule is Cc1[nH]ncc1CCCNC(=O)N1CCN(c2ccc(C#N)cc2F)CC1. The highest BCUT2D eigenvalue weighted by Crippen LogP contribution is 2.21. The molecular weight excluding hydrogens is 347 g/mol. The molecule has 1 saturated heterocycles. The van der Waals surface area contributed by atoms with Gasteiger partial charge in [0.2, 0.25) is 0 Å². The third-order valence-electron chi connectivity index (χ3n) is 4.82. The van der Waals surface area contributed by atoms with Crippen molar-refractivity contribution in [2.75, 3.05) is 37.6 Å². The molecule has 0 unspecified atom stereocenters. The fourth-order valence-corrected chi connectivity index (χ4v) is 3.20. The van der Waals surface area contributed by atoms with Crippen molar-refractivity contribution < 1.29 is 9.18 Å². The zero-order valence-corrected chi connectivity index (χ0v) is 15.3. The van der Waals surface area contributed by atoms with E-state index in [4.69, 9.17) is 5.26 Å². The quantitative estimate of drug-likeness (QED) is 0.790. The zero-order chi connectivity index (χ0) is 19.2. The zero-order valence-electron chi connectivity index (χ0n) is 15.3. The number of piperazine rings is 1. The number of carbonyl (C=O) groups is 1. The summed E-state index contributed by atoms with van der Waals surface area (Å²) >= 11 is 0. The number of H-pyrrole nitrogens is 1. The molecule has 0 atom stereocenters. The van der Waals surface area contributed by atoms with Gasteiger partial charge in [0.25, 0.3) is 0 Å². The van der Waals surface area contributed by atoms with Crippen molar-refractivity contribution in [1.82, 2.24) is 20.4 Å². The number of aryl methyl sites for hydroxylation is 2. The molecule has 0 saturated carbocycles. The maximum Gasteiger partial charge on any atom is 0.317 e. The van der Waals surface area contributed by atoms with Gasteiger partial charge in [-0.25, -0.2) is 9.18 Å². The normalized spacial score (nSPS) is 14.1. The van der Waals surface area contributed by atoms with Gasteiger partial charge in [0.1, 0.15) is 5.82 Å². The van der Waals surface area contributed by atoms with Crippen LogP contribution in [0.1, 0.15) is 23.2 Å². The summed E-state index contributed by atoms with van der Waals surface area (Å²) in [4.78, 5) is 15.9. The van der Waals surface area contributed by atoms with Gasteiger partial charge in [-0.1, -0.05) is 0 Å². The highest BCUT2D eigenvalue weighted by molar-refractivity contribution is 5.74. The summed E-state index contributed by atoms with van der Waals surface area (Å²) in [5.74, 6) is -0.401. The van der Waals surface area contributed by atoms with Crippen molar-refractivity contribution >= 4 is 11.7 Å². The Labute approximate surface area is 157 Å². The van der Waals surface area contributed by atoms with E-state index in [9.17, 15) is 9.18 Å². The summed E-state index contributed by atoms with van der Waals surface area (Å²) in [6.45, 7) is 4.78. The summed E-state index contributed by atoms with van der Waals surface area (Å²) in [5.41, 5.74) is 3.01. The Morgan fingerprint density at radius 1 is 1.37 bits per heavy atom. The maximum absolute atomic E-state index is 14.1. The Morgan fingerprint density at radius 2 is 2.15 bits per heavy atom. The lowest BCUT2D eigenvalue weighted by molar-refractivity contribution is 0.194. The molecule has 0 aliphatic carbocycles. The van der Waals surface area contributed by atoms with Gasteiger partial charge in [0.15, 0.2) is 0 Å². The molecule has 142 valence electrons. The van der Waals surface area contributed by atoms with E-state index < -0.39 is 5.82 Å². The van der Waals surface area contributed by atoms with Gasteiger partial charge in [-0.15, -0.1) is 0 Å². The summed E-state index contributed by atoms with van der Waals surface area (Å²) in [5, 5.41) is 18.7. The standard InChI is InChI=1S/C19H23FN6O/c1-14-16(13-23-24-14)3-2-6-22-19(27)26-9-7-25(8-10-26)18-5-4-15(12-21)11-17(18)20/h4-5,11,13H,2-3,6-10H2,1H3,(H,22,27)(H,23,24). The fraction of sp³-hybridized carbons (Fsp3) is 0.421. The molecular formula is C19H23FN6O. The topological polar surface area (TPSA) is 88.1 Å². The lowest BCUT2D eigenvalue weighted by Gasteiger charge is -2.36.